The first-order valence-corrected chi connectivity index (χ1v) is 8.68. The van der Waals surface area contributed by atoms with Crippen LogP contribution in [0.15, 0.2) is 53.4 Å². The van der Waals surface area contributed by atoms with Crippen LogP contribution in [0.5, 0.6) is 0 Å². The Kier molecular flexibility index (Phi) is 6.62. The summed E-state index contributed by atoms with van der Waals surface area (Å²) in [5.41, 5.74) is 2.55. The van der Waals surface area contributed by atoms with Gasteiger partial charge < -0.3 is 5.32 Å². The second-order valence-electron chi connectivity index (χ2n) is 5.52. The molecule has 0 spiro atoms. The number of hydrogen-bond acceptors (Lipinski definition) is 2. The van der Waals surface area contributed by atoms with E-state index in [-0.39, 0.29) is 0 Å². The summed E-state index contributed by atoms with van der Waals surface area (Å²) < 4.78 is 0. The van der Waals surface area contributed by atoms with Gasteiger partial charge in [-0.05, 0) is 35.7 Å². The van der Waals surface area contributed by atoms with Crippen molar-refractivity contribution in [2.24, 2.45) is 5.92 Å². The topological polar surface area (TPSA) is 12.0 Å². The molecule has 0 aliphatic rings. The number of nitrogens with one attached hydrogen (secondary N) is 1. The molecule has 2 aromatic carbocycles. The zero-order valence-corrected chi connectivity index (χ0v) is 14.2. The van der Waals surface area contributed by atoms with Crippen molar-refractivity contribution in [1.82, 2.24) is 5.32 Å². The van der Waals surface area contributed by atoms with Crippen LogP contribution in [0.2, 0.25) is 5.02 Å². The Morgan fingerprint density at radius 1 is 1.05 bits per heavy atom. The third-order valence-corrected chi connectivity index (χ3v) is 4.69. The van der Waals surface area contributed by atoms with Gasteiger partial charge in [0.05, 0.1) is 0 Å². The molecular formula is C18H22ClNS. The van der Waals surface area contributed by atoms with Gasteiger partial charge >= 0.3 is 0 Å². The minimum atomic E-state index is 0.646. The average Bonchev–Trinajstić information content (AvgIpc) is 2.48. The molecule has 0 saturated heterocycles. The maximum atomic E-state index is 6.37. The predicted octanol–water partition coefficient (Wildman–Crippen LogP) is 5.38. The Balaban J connectivity index is 2.02. The Labute approximate surface area is 137 Å². The van der Waals surface area contributed by atoms with E-state index in [2.05, 4.69) is 55.6 Å². The Morgan fingerprint density at radius 2 is 1.81 bits per heavy atom. The van der Waals surface area contributed by atoms with Crippen molar-refractivity contribution in [3.8, 4) is 0 Å². The molecule has 1 nitrogen and oxygen atoms in total. The first-order valence-electron chi connectivity index (χ1n) is 7.31. The third-order valence-electron chi connectivity index (χ3n) is 3.17. The zero-order chi connectivity index (χ0) is 15.1. The highest BCUT2D eigenvalue weighted by Gasteiger charge is 2.08. The van der Waals surface area contributed by atoms with Crippen LogP contribution in [-0.4, -0.2) is 6.54 Å². The van der Waals surface area contributed by atoms with Crippen molar-refractivity contribution in [2.45, 2.75) is 31.0 Å². The summed E-state index contributed by atoms with van der Waals surface area (Å²) in [5.74, 6) is 1.62. The molecule has 1 N–H and O–H groups in total. The molecule has 0 unspecified atom stereocenters. The fourth-order valence-corrected chi connectivity index (χ4v) is 3.41. The van der Waals surface area contributed by atoms with Gasteiger partial charge in [-0.3, -0.25) is 0 Å². The van der Waals surface area contributed by atoms with E-state index in [0.29, 0.717) is 5.92 Å². The summed E-state index contributed by atoms with van der Waals surface area (Å²) >= 11 is 8.22. The van der Waals surface area contributed by atoms with Crippen molar-refractivity contribution in [3.05, 3.63) is 64.7 Å². The highest BCUT2D eigenvalue weighted by molar-refractivity contribution is 7.98. The molecule has 0 atom stereocenters. The van der Waals surface area contributed by atoms with Crippen molar-refractivity contribution in [1.29, 1.82) is 0 Å². The van der Waals surface area contributed by atoms with Crippen LogP contribution in [0.3, 0.4) is 0 Å². The van der Waals surface area contributed by atoms with Crippen LogP contribution >= 0.6 is 23.4 Å². The van der Waals surface area contributed by atoms with E-state index in [0.717, 1.165) is 23.9 Å². The van der Waals surface area contributed by atoms with Gasteiger partial charge in [-0.15, -0.1) is 11.8 Å². The Hall–Kier alpha value is -0.960. The summed E-state index contributed by atoms with van der Waals surface area (Å²) in [6.07, 6.45) is 0. The largest absolute Gasteiger partial charge is 0.312 e. The van der Waals surface area contributed by atoms with E-state index >= 15 is 0 Å². The second-order valence-corrected chi connectivity index (χ2v) is 6.94. The molecule has 0 aromatic heterocycles. The molecule has 21 heavy (non-hydrogen) atoms. The van der Waals surface area contributed by atoms with Gasteiger partial charge in [0.25, 0.3) is 0 Å². The van der Waals surface area contributed by atoms with Crippen LogP contribution in [0.25, 0.3) is 0 Å². The lowest BCUT2D eigenvalue weighted by atomic mass is 10.2. The first-order chi connectivity index (χ1) is 10.2. The zero-order valence-electron chi connectivity index (χ0n) is 12.6. The lowest BCUT2D eigenvalue weighted by Gasteiger charge is -2.13. The number of benzene rings is 2. The predicted molar refractivity (Wildman–Crippen MR) is 94.0 cm³/mol. The monoisotopic (exact) mass is 319 g/mol. The molecule has 0 saturated carbocycles. The summed E-state index contributed by atoms with van der Waals surface area (Å²) in [7, 11) is 0. The molecule has 0 fully saturated rings. The van der Waals surface area contributed by atoms with E-state index < -0.39 is 0 Å². The fourth-order valence-electron chi connectivity index (χ4n) is 2.07. The van der Waals surface area contributed by atoms with Crippen molar-refractivity contribution in [2.75, 3.05) is 6.54 Å². The van der Waals surface area contributed by atoms with Crippen molar-refractivity contribution in [3.63, 3.8) is 0 Å². The molecular weight excluding hydrogens is 298 g/mol. The standard InChI is InChI=1S/C18H22ClNS/c1-14(2)11-20-12-16-17(19)9-6-10-18(16)21-13-15-7-4-3-5-8-15/h3-10,14,20H,11-13H2,1-2H3. The molecule has 0 aliphatic carbocycles. The van der Waals surface area contributed by atoms with Crippen molar-refractivity contribution < 1.29 is 0 Å². The molecule has 0 amide bonds. The van der Waals surface area contributed by atoms with Gasteiger partial charge in [-0.1, -0.05) is 61.8 Å². The maximum absolute atomic E-state index is 6.37. The highest BCUT2D eigenvalue weighted by Crippen LogP contribution is 2.30. The number of halogens is 1. The minimum absolute atomic E-state index is 0.646. The van der Waals surface area contributed by atoms with Gasteiger partial charge in [-0.2, -0.15) is 0 Å². The number of thioether (sulfide) groups is 1. The van der Waals surface area contributed by atoms with Gasteiger partial charge in [0, 0.05) is 22.2 Å². The van der Waals surface area contributed by atoms with E-state index in [1.54, 1.807) is 0 Å². The molecule has 0 bridgehead atoms. The molecule has 112 valence electrons. The van der Waals surface area contributed by atoms with Gasteiger partial charge in [-0.25, -0.2) is 0 Å². The smallest absolute Gasteiger partial charge is 0.0462 e. The van der Waals surface area contributed by atoms with Crippen molar-refractivity contribution >= 4 is 23.4 Å². The van der Waals surface area contributed by atoms with Crippen LogP contribution in [0.4, 0.5) is 0 Å². The van der Waals surface area contributed by atoms with Crippen LogP contribution in [-0.2, 0) is 12.3 Å². The lowest BCUT2D eigenvalue weighted by molar-refractivity contribution is 0.550. The molecule has 0 heterocycles. The summed E-state index contributed by atoms with van der Waals surface area (Å²) in [5, 5.41) is 4.33. The van der Waals surface area contributed by atoms with Crippen LogP contribution in [0, 0.1) is 5.92 Å². The average molecular weight is 320 g/mol. The molecule has 2 rings (SSSR count). The highest BCUT2D eigenvalue weighted by atomic mass is 35.5. The SMILES string of the molecule is CC(C)CNCc1c(Cl)cccc1SCc1ccccc1. The van der Waals surface area contributed by atoms with E-state index in [4.69, 9.17) is 11.6 Å². The lowest BCUT2D eigenvalue weighted by Crippen LogP contribution is -2.19. The molecule has 2 aromatic rings. The number of hydrogen-bond donors (Lipinski definition) is 1. The quantitative estimate of drug-likeness (QED) is 0.688. The molecule has 0 aliphatic heterocycles. The van der Waals surface area contributed by atoms with Crippen LogP contribution in [0.1, 0.15) is 25.0 Å². The van der Waals surface area contributed by atoms with E-state index in [1.807, 2.05) is 23.9 Å². The van der Waals surface area contributed by atoms with E-state index in [1.165, 1.54) is 16.0 Å². The third kappa shape index (κ3) is 5.39. The number of rotatable bonds is 7. The van der Waals surface area contributed by atoms with Gasteiger partial charge in [0.15, 0.2) is 0 Å². The van der Waals surface area contributed by atoms with Crippen LogP contribution < -0.4 is 5.32 Å². The summed E-state index contributed by atoms with van der Waals surface area (Å²) in [6.45, 7) is 6.26. The Bertz CT molecular complexity index is 554. The Morgan fingerprint density at radius 3 is 2.52 bits per heavy atom. The fraction of sp³-hybridized carbons (Fsp3) is 0.333. The second kappa shape index (κ2) is 8.47. The first kappa shape index (κ1) is 16.4. The minimum Gasteiger partial charge on any atom is -0.312 e. The summed E-state index contributed by atoms with van der Waals surface area (Å²) in [4.78, 5) is 1.27. The normalized spacial score (nSPS) is 11.0. The maximum Gasteiger partial charge on any atom is 0.0462 e. The van der Waals surface area contributed by atoms with E-state index in [9.17, 15) is 0 Å². The van der Waals surface area contributed by atoms with Gasteiger partial charge in [0.2, 0.25) is 0 Å². The summed E-state index contributed by atoms with van der Waals surface area (Å²) in [6, 6.07) is 16.7. The molecule has 3 heteroatoms. The molecule has 0 radical (unpaired) electrons. The van der Waals surface area contributed by atoms with Gasteiger partial charge in [0.1, 0.15) is 0 Å².